The lowest BCUT2D eigenvalue weighted by atomic mass is 10.1. The van der Waals surface area contributed by atoms with Crippen LogP contribution < -0.4 is 5.32 Å². The molecule has 1 aromatic carbocycles. The summed E-state index contributed by atoms with van der Waals surface area (Å²) < 4.78 is 64.7. The third kappa shape index (κ3) is 4.51. The second-order valence-electron chi connectivity index (χ2n) is 6.50. The molecule has 7 nitrogen and oxygen atoms in total. The van der Waals surface area contributed by atoms with Crippen molar-refractivity contribution in [1.29, 1.82) is 0 Å². The molecule has 0 atom stereocenters. The van der Waals surface area contributed by atoms with Gasteiger partial charge in [-0.05, 0) is 24.6 Å². The van der Waals surface area contributed by atoms with E-state index in [1.54, 1.807) is 30.3 Å². The standard InChI is InChI=1S/C19H17F3N4O3S/c1-12(27)16-17(19(20,21)22)25-26(14-8-9-15(23-11-14)30(2,28)29)18(16)24-10-13-6-4-3-5-7-13/h3-9,11,24H,10H2,1-2H3. The normalized spacial score (nSPS) is 12.0. The fourth-order valence-corrected chi connectivity index (χ4v) is 3.36. The number of Topliss-reactive ketones (excluding diaryl/α,β-unsaturated/α-hetero) is 1. The smallest absolute Gasteiger partial charge is 0.365 e. The number of rotatable bonds is 6. The maximum absolute atomic E-state index is 13.6. The number of sulfone groups is 1. The molecule has 2 heterocycles. The molecular formula is C19H17F3N4O3S. The van der Waals surface area contributed by atoms with Crippen LogP contribution in [0.4, 0.5) is 19.0 Å². The summed E-state index contributed by atoms with van der Waals surface area (Å²) in [7, 11) is -3.59. The van der Waals surface area contributed by atoms with Gasteiger partial charge >= 0.3 is 6.18 Å². The lowest BCUT2D eigenvalue weighted by Crippen LogP contribution is -2.12. The minimum absolute atomic E-state index is 0.0657. The van der Waals surface area contributed by atoms with Gasteiger partial charge in [-0.15, -0.1) is 0 Å². The second kappa shape index (κ2) is 7.90. The molecule has 30 heavy (non-hydrogen) atoms. The van der Waals surface area contributed by atoms with Crippen LogP contribution >= 0.6 is 0 Å². The van der Waals surface area contributed by atoms with Gasteiger partial charge in [0.15, 0.2) is 26.3 Å². The molecule has 0 saturated carbocycles. The number of alkyl halides is 3. The van der Waals surface area contributed by atoms with E-state index in [2.05, 4.69) is 15.4 Å². The minimum Gasteiger partial charge on any atom is -0.365 e. The number of pyridine rings is 1. The van der Waals surface area contributed by atoms with Crippen molar-refractivity contribution in [2.75, 3.05) is 11.6 Å². The molecule has 0 spiro atoms. The molecule has 0 fully saturated rings. The Kier molecular flexibility index (Phi) is 5.66. The predicted octanol–water partition coefficient (Wildman–Crippen LogP) is 3.50. The Bertz CT molecular complexity index is 1170. The first kappa shape index (κ1) is 21.5. The quantitative estimate of drug-likeness (QED) is 0.592. The summed E-state index contributed by atoms with van der Waals surface area (Å²) >= 11 is 0. The van der Waals surface area contributed by atoms with Crippen LogP contribution in [0.15, 0.2) is 53.7 Å². The molecule has 0 amide bonds. The molecule has 3 rings (SSSR count). The van der Waals surface area contributed by atoms with E-state index < -0.39 is 33.1 Å². The molecule has 2 aromatic heterocycles. The van der Waals surface area contributed by atoms with E-state index >= 15 is 0 Å². The van der Waals surface area contributed by atoms with E-state index in [0.29, 0.717) is 0 Å². The first-order valence-electron chi connectivity index (χ1n) is 8.64. The van der Waals surface area contributed by atoms with Crippen LogP contribution in [-0.2, 0) is 22.6 Å². The molecule has 1 N–H and O–H groups in total. The molecule has 0 radical (unpaired) electrons. The maximum atomic E-state index is 13.6. The summed E-state index contributed by atoms with van der Waals surface area (Å²) in [6.07, 6.45) is -2.82. The molecule has 11 heteroatoms. The van der Waals surface area contributed by atoms with Crippen LogP contribution in [-0.4, -0.2) is 35.2 Å². The average molecular weight is 438 g/mol. The third-order valence-electron chi connectivity index (χ3n) is 4.15. The number of hydrogen-bond donors (Lipinski definition) is 1. The topological polar surface area (TPSA) is 94.0 Å². The van der Waals surface area contributed by atoms with Crippen molar-refractivity contribution in [2.45, 2.75) is 24.7 Å². The summed E-state index contributed by atoms with van der Waals surface area (Å²) in [6, 6.07) is 11.3. The Labute approximate surface area is 170 Å². The van der Waals surface area contributed by atoms with Gasteiger partial charge < -0.3 is 5.32 Å². The molecule has 0 aliphatic carbocycles. The number of ketones is 1. The van der Waals surface area contributed by atoms with Crippen molar-refractivity contribution >= 4 is 21.4 Å². The van der Waals surface area contributed by atoms with Crippen molar-refractivity contribution < 1.29 is 26.4 Å². The Morgan fingerprint density at radius 1 is 1.13 bits per heavy atom. The Hall–Kier alpha value is -3.21. The zero-order chi connectivity index (χ0) is 22.1. The summed E-state index contributed by atoms with van der Waals surface area (Å²) in [5, 5.41) is 6.21. The van der Waals surface area contributed by atoms with Crippen LogP contribution in [0.5, 0.6) is 0 Å². The number of aromatic nitrogens is 3. The van der Waals surface area contributed by atoms with Crippen molar-refractivity contribution in [3.63, 3.8) is 0 Å². The first-order chi connectivity index (χ1) is 14.0. The van der Waals surface area contributed by atoms with Gasteiger partial charge in [0, 0.05) is 12.8 Å². The summed E-state index contributed by atoms with van der Waals surface area (Å²) in [6.45, 7) is 1.16. The van der Waals surface area contributed by atoms with Crippen LogP contribution in [0.1, 0.15) is 28.5 Å². The molecule has 0 bridgehead atoms. The third-order valence-corrected chi connectivity index (χ3v) is 5.16. The highest BCUT2D eigenvalue weighted by Crippen LogP contribution is 2.36. The van der Waals surface area contributed by atoms with Gasteiger partial charge in [-0.2, -0.15) is 18.3 Å². The van der Waals surface area contributed by atoms with Gasteiger partial charge in [-0.1, -0.05) is 30.3 Å². The van der Waals surface area contributed by atoms with Gasteiger partial charge in [0.05, 0.1) is 17.4 Å². The molecule has 158 valence electrons. The molecule has 3 aromatic rings. The number of halogens is 3. The van der Waals surface area contributed by atoms with E-state index in [-0.39, 0.29) is 23.1 Å². The van der Waals surface area contributed by atoms with E-state index in [1.807, 2.05) is 0 Å². The Morgan fingerprint density at radius 3 is 2.30 bits per heavy atom. The van der Waals surface area contributed by atoms with Gasteiger partial charge in [0.1, 0.15) is 5.82 Å². The van der Waals surface area contributed by atoms with Crippen molar-refractivity contribution in [2.24, 2.45) is 0 Å². The maximum Gasteiger partial charge on any atom is 0.435 e. The van der Waals surface area contributed by atoms with E-state index in [4.69, 9.17) is 0 Å². The number of nitrogens with one attached hydrogen (secondary N) is 1. The van der Waals surface area contributed by atoms with Crippen LogP contribution in [0, 0.1) is 0 Å². The zero-order valence-electron chi connectivity index (χ0n) is 15.9. The summed E-state index contributed by atoms with van der Waals surface area (Å²) in [5.74, 6) is -0.975. The molecule has 0 aliphatic rings. The van der Waals surface area contributed by atoms with E-state index in [9.17, 15) is 26.4 Å². The van der Waals surface area contributed by atoms with Crippen molar-refractivity contribution in [1.82, 2.24) is 14.8 Å². The highest BCUT2D eigenvalue weighted by molar-refractivity contribution is 7.90. The lowest BCUT2D eigenvalue weighted by Gasteiger charge is -2.12. The molecule has 0 unspecified atom stereocenters. The highest BCUT2D eigenvalue weighted by Gasteiger charge is 2.41. The number of hydrogen-bond acceptors (Lipinski definition) is 6. The fraction of sp³-hybridized carbons (Fsp3) is 0.211. The largest absolute Gasteiger partial charge is 0.435 e. The molecular weight excluding hydrogens is 421 g/mol. The number of nitrogens with zero attached hydrogens (tertiary/aromatic N) is 3. The predicted molar refractivity (Wildman–Crippen MR) is 103 cm³/mol. The van der Waals surface area contributed by atoms with Gasteiger partial charge in [0.2, 0.25) is 0 Å². The first-order valence-corrected chi connectivity index (χ1v) is 10.5. The number of carbonyl (C=O) groups excluding carboxylic acids is 1. The van der Waals surface area contributed by atoms with Gasteiger partial charge in [0.25, 0.3) is 0 Å². The molecule has 0 saturated heterocycles. The lowest BCUT2D eigenvalue weighted by molar-refractivity contribution is -0.141. The van der Waals surface area contributed by atoms with E-state index in [0.717, 1.165) is 35.7 Å². The molecule has 0 aliphatic heterocycles. The van der Waals surface area contributed by atoms with Crippen LogP contribution in [0.3, 0.4) is 0 Å². The van der Waals surface area contributed by atoms with Crippen molar-refractivity contribution in [3.8, 4) is 5.69 Å². The Balaban J connectivity index is 2.14. The number of carbonyl (C=O) groups is 1. The van der Waals surface area contributed by atoms with Gasteiger partial charge in [-0.25, -0.2) is 18.1 Å². The van der Waals surface area contributed by atoms with Crippen molar-refractivity contribution in [3.05, 3.63) is 65.5 Å². The summed E-state index contributed by atoms with van der Waals surface area (Å²) in [5.41, 5.74) is -1.10. The average Bonchev–Trinajstić information content (AvgIpc) is 3.07. The zero-order valence-corrected chi connectivity index (χ0v) is 16.8. The number of benzene rings is 1. The van der Waals surface area contributed by atoms with Gasteiger partial charge in [-0.3, -0.25) is 4.79 Å². The fourth-order valence-electron chi connectivity index (χ4n) is 2.80. The minimum atomic E-state index is -4.87. The Morgan fingerprint density at radius 2 is 1.80 bits per heavy atom. The van der Waals surface area contributed by atoms with Crippen LogP contribution in [0.25, 0.3) is 5.69 Å². The van der Waals surface area contributed by atoms with Crippen LogP contribution in [0.2, 0.25) is 0 Å². The number of anilines is 1. The SMILES string of the molecule is CC(=O)c1c(C(F)(F)F)nn(-c2ccc(S(C)(=O)=O)nc2)c1NCc1ccccc1. The second-order valence-corrected chi connectivity index (χ2v) is 8.47. The monoisotopic (exact) mass is 438 g/mol. The highest BCUT2D eigenvalue weighted by atomic mass is 32.2. The van der Waals surface area contributed by atoms with E-state index in [1.165, 1.54) is 6.07 Å². The summed E-state index contributed by atoms with van der Waals surface area (Å²) in [4.78, 5) is 15.9.